The third-order valence-corrected chi connectivity index (χ3v) is 7.49. The van der Waals surface area contributed by atoms with E-state index in [-0.39, 0.29) is 11.9 Å². The largest absolute Gasteiger partial charge is 0.490 e. The Hall–Kier alpha value is -3.70. The number of hydrogen-bond acceptors (Lipinski definition) is 4. The van der Waals surface area contributed by atoms with Crippen LogP contribution in [0.15, 0.2) is 104 Å². The van der Waals surface area contributed by atoms with Gasteiger partial charge < -0.3 is 14.2 Å². The molecule has 1 aliphatic rings. The van der Waals surface area contributed by atoms with Crippen LogP contribution in [-0.4, -0.2) is 46.0 Å². The van der Waals surface area contributed by atoms with Crippen LogP contribution in [0.2, 0.25) is 0 Å². The van der Waals surface area contributed by atoms with Gasteiger partial charge in [0.15, 0.2) is 5.78 Å². The zero-order valence-electron chi connectivity index (χ0n) is 22.0. The molecule has 3 aromatic carbocycles. The molecule has 1 aliphatic heterocycles. The normalized spacial score (nSPS) is 14.6. The van der Waals surface area contributed by atoms with Gasteiger partial charge in [-0.15, -0.1) is 0 Å². The fraction of sp³-hybridized carbons (Fsp3) is 0.333. The predicted molar refractivity (Wildman–Crippen MR) is 152 cm³/mol. The number of nitrogens with zero attached hydrogens (tertiary/aromatic N) is 3. The van der Waals surface area contributed by atoms with E-state index in [2.05, 4.69) is 75.1 Å². The van der Waals surface area contributed by atoms with Crippen molar-refractivity contribution in [2.24, 2.45) is 0 Å². The highest BCUT2D eigenvalue weighted by Crippen LogP contribution is 2.29. The van der Waals surface area contributed by atoms with Gasteiger partial charge in [-0.05, 0) is 48.9 Å². The lowest BCUT2D eigenvalue weighted by Crippen LogP contribution is -2.40. The van der Waals surface area contributed by atoms with Crippen LogP contribution in [0.1, 0.15) is 59.5 Å². The van der Waals surface area contributed by atoms with Crippen molar-refractivity contribution in [2.45, 2.75) is 50.7 Å². The number of benzene rings is 3. The van der Waals surface area contributed by atoms with Gasteiger partial charge in [-0.2, -0.15) is 0 Å². The van der Waals surface area contributed by atoms with Gasteiger partial charge in [-0.3, -0.25) is 4.79 Å². The first-order valence-corrected chi connectivity index (χ1v) is 13.8. The second kappa shape index (κ2) is 13.2. The van der Waals surface area contributed by atoms with E-state index >= 15 is 0 Å². The number of rotatable bonds is 12. The zero-order chi connectivity index (χ0) is 26.0. The Morgan fingerprint density at radius 1 is 0.868 bits per heavy atom. The average molecular weight is 508 g/mol. The summed E-state index contributed by atoms with van der Waals surface area (Å²) in [5.41, 5.74) is 3.43. The smallest absolute Gasteiger partial charge is 0.166 e. The molecule has 0 radical (unpaired) electrons. The first kappa shape index (κ1) is 25.9. The van der Waals surface area contributed by atoms with Crippen LogP contribution >= 0.6 is 0 Å². The molecule has 2 heterocycles. The number of ether oxygens (including phenoxy) is 1. The average Bonchev–Trinajstić information content (AvgIpc) is 3.50. The number of aryl methyl sites for hydroxylation is 1. The van der Waals surface area contributed by atoms with Gasteiger partial charge in [0, 0.05) is 50.9 Å². The van der Waals surface area contributed by atoms with Crippen molar-refractivity contribution in [2.75, 3.05) is 19.6 Å². The number of Topliss-reactive ketones (excluding diaryl/α,β-unsaturated/α-hetero) is 1. The minimum Gasteiger partial charge on any atom is -0.490 e. The van der Waals surface area contributed by atoms with Crippen molar-refractivity contribution < 1.29 is 9.53 Å². The Morgan fingerprint density at radius 2 is 1.53 bits per heavy atom. The molecule has 1 aromatic heterocycles. The zero-order valence-corrected chi connectivity index (χ0v) is 22.0. The van der Waals surface area contributed by atoms with Crippen LogP contribution in [0.3, 0.4) is 0 Å². The standard InChI is InChI=1S/C33H37N3O2/c37-32(16-9-10-21-36-24-20-34-26-36)30-15-7-8-17-33(30)38-29-18-22-35(23-19-29)25-31(27-11-3-1-4-12-27)28-13-5-2-6-14-28/h1-8,11-15,17,20,24,26,29,31H,9-10,16,18-19,21-23,25H2. The van der Waals surface area contributed by atoms with Crippen molar-refractivity contribution in [1.82, 2.24) is 14.5 Å². The predicted octanol–water partition coefficient (Wildman–Crippen LogP) is 6.61. The quantitative estimate of drug-likeness (QED) is 0.160. The second-order valence-electron chi connectivity index (χ2n) is 10.2. The van der Waals surface area contributed by atoms with Gasteiger partial charge in [0.1, 0.15) is 11.9 Å². The van der Waals surface area contributed by atoms with E-state index in [1.165, 1.54) is 11.1 Å². The molecule has 5 rings (SSSR count). The maximum absolute atomic E-state index is 13.0. The van der Waals surface area contributed by atoms with Gasteiger partial charge >= 0.3 is 0 Å². The monoisotopic (exact) mass is 507 g/mol. The molecule has 0 aliphatic carbocycles. The van der Waals surface area contributed by atoms with Crippen LogP contribution in [-0.2, 0) is 6.54 Å². The van der Waals surface area contributed by atoms with Crippen LogP contribution < -0.4 is 4.74 Å². The van der Waals surface area contributed by atoms with E-state index in [1.807, 2.05) is 36.8 Å². The third kappa shape index (κ3) is 6.99. The topological polar surface area (TPSA) is 47.4 Å². The number of piperidine rings is 1. The lowest BCUT2D eigenvalue weighted by molar-refractivity contribution is 0.0916. The molecule has 0 atom stereocenters. The van der Waals surface area contributed by atoms with Crippen LogP contribution in [0.25, 0.3) is 0 Å². The summed E-state index contributed by atoms with van der Waals surface area (Å²) in [7, 11) is 0. The lowest BCUT2D eigenvalue weighted by atomic mass is 9.90. The maximum Gasteiger partial charge on any atom is 0.166 e. The number of carbonyl (C=O) groups excluding carboxylic acids is 1. The fourth-order valence-corrected chi connectivity index (χ4v) is 5.35. The van der Waals surface area contributed by atoms with E-state index in [0.29, 0.717) is 17.9 Å². The highest BCUT2D eigenvalue weighted by molar-refractivity contribution is 5.98. The highest BCUT2D eigenvalue weighted by atomic mass is 16.5. The summed E-state index contributed by atoms with van der Waals surface area (Å²) in [5, 5.41) is 0. The highest BCUT2D eigenvalue weighted by Gasteiger charge is 2.25. The molecule has 0 unspecified atom stereocenters. The van der Waals surface area contributed by atoms with E-state index in [9.17, 15) is 4.79 Å². The molecule has 0 N–H and O–H groups in total. The summed E-state index contributed by atoms with van der Waals surface area (Å²) in [6.07, 6.45) is 9.97. The molecule has 4 aromatic rings. The van der Waals surface area contributed by atoms with Crippen molar-refractivity contribution >= 4 is 5.78 Å². The van der Waals surface area contributed by atoms with Crippen LogP contribution in [0.4, 0.5) is 0 Å². The summed E-state index contributed by atoms with van der Waals surface area (Å²) < 4.78 is 8.49. The number of para-hydroxylation sites is 1. The number of imidazole rings is 1. The number of carbonyl (C=O) groups is 1. The Balaban J connectivity index is 1.14. The van der Waals surface area contributed by atoms with E-state index in [0.717, 1.165) is 57.6 Å². The molecular formula is C33H37N3O2. The SMILES string of the molecule is O=C(CCCCn1ccnc1)c1ccccc1OC1CCN(CC(c2ccccc2)c2ccccc2)CC1. The van der Waals surface area contributed by atoms with Gasteiger partial charge in [0.25, 0.3) is 0 Å². The summed E-state index contributed by atoms with van der Waals surface area (Å²) in [6.45, 7) is 3.87. The first-order valence-electron chi connectivity index (χ1n) is 13.8. The fourth-order valence-electron chi connectivity index (χ4n) is 5.35. The molecule has 0 saturated carbocycles. The van der Waals surface area contributed by atoms with Crippen molar-refractivity contribution in [3.8, 4) is 5.75 Å². The summed E-state index contributed by atoms with van der Waals surface area (Å²) >= 11 is 0. The van der Waals surface area contributed by atoms with E-state index in [1.54, 1.807) is 6.20 Å². The molecule has 5 nitrogen and oxygen atoms in total. The molecular weight excluding hydrogens is 470 g/mol. The summed E-state index contributed by atoms with van der Waals surface area (Å²) in [6, 6.07) is 29.4. The van der Waals surface area contributed by atoms with Crippen LogP contribution in [0.5, 0.6) is 5.75 Å². The summed E-state index contributed by atoms with van der Waals surface area (Å²) in [5.74, 6) is 1.25. The molecule has 196 valence electrons. The number of ketones is 1. The van der Waals surface area contributed by atoms with Crippen molar-refractivity contribution in [3.05, 3.63) is 120 Å². The van der Waals surface area contributed by atoms with Gasteiger partial charge in [-0.25, -0.2) is 4.98 Å². The van der Waals surface area contributed by atoms with E-state index < -0.39 is 0 Å². The Morgan fingerprint density at radius 3 is 2.18 bits per heavy atom. The van der Waals surface area contributed by atoms with Gasteiger partial charge in [0.05, 0.1) is 11.9 Å². The van der Waals surface area contributed by atoms with Crippen molar-refractivity contribution in [3.63, 3.8) is 0 Å². The molecule has 5 heteroatoms. The maximum atomic E-state index is 13.0. The molecule has 0 spiro atoms. The number of aromatic nitrogens is 2. The number of unbranched alkanes of at least 4 members (excludes halogenated alkanes) is 1. The molecule has 0 amide bonds. The summed E-state index contributed by atoms with van der Waals surface area (Å²) in [4.78, 5) is 19.6. The Bertz CT molecular complexity index is 1210. The van der Waals surface area contributed by atoms with Gasteiger partial charge in [0.2, 0.25) is 0 Å². The number of likely N-dealkylation sites (tertiary alicyclic amines) is 1. The second-order valence-corrected chi connectivity index (χ2v) is 10.2. The minimum absolute atomic E-state index is 0.133. The van der Waals surface area contributed by atoms with Gasteiger partial charge in [-0.1, -0.05) is 72.8 Å². The first-order chi connectivity index (χ1) is 18.8. The van der Waals surface area contributed by atoms with Crippen LogP contribution in [0, 0.1) is 0 Å². The van der Waals surface area contributed by atoms with E-state index in [4.69, 9.17) is 4.74 Å². The minimum atomic E-state index is 0.133. The molecule has 38 heavy (non-hydrogen) atoms. The molecule has 0 bridgehead atoms. The Kier molecular flexibility index (Phi) is 9.01. The van der Waals surface area contributed by atoms with Crippen molar-refractivity contribution in [1.29, 1.82) is 0 Å². The lowest BCUT2D eigenvalue weighted by Gasteiger charge is -2.35. The molecule has 1 saturated heterocycles. The third-order valence-electron chi connectivity index (χ3n) is 7.49. The Labute approximate surface area is 226 Å². The number of hydrogen-bond donors (Lipinski definition) is 0. The molecule has 1 fully saturated rings.